The summed E-state index contributed by atoms with van der Waals surface area (Å²) in [6.45, 7) is 0. The van der Waals surface area contributed by atoms with Crippen molar-refractivity contribution in [2.75, 3.05) is 0 Å². The van der Waals surface area contributed by atoms with Gasteiger partial charge in [-0.2, -0.15) is 13.2 Å². The van der Waals surface area contributed by atoms with E-state index in [0.29, 0.717) is 0 Å². The van der Waals surface area contributed by atoms with E-state index >= 15 is 0 Å². The Bertz CT molecular complexity index is 177. The van der Waals surface area contributed by atoms with E-state index < -0.39 is 18.2 Å². The monoisotopic (exact) mass is 171 g/mol. The number of rotatable bonds is 0. The zero-order valence-electron chi connectivity index (χ0n) is 4.86. The minimum Gasteiger partial charge on any atom is -0.529 e. The van der Waals surface area contributed by atoms with Gasteiger partial charge in [0.1, 0.15) is 0 Å². The van der Waals surface area contributed by atoms with Gasteiger partial charge >= 0.3 is 12.1 Å². The first-order chi connectivity index (χ1) is 4.84. The number of carbonyl (C=O) groups is 2. The lowest BCUT2D eigenvalue weighted by atomic mass is 10.6. The summed E-state index contributed by atoms with van der Waals surface area (Å²) in [5.41, 5.74) is 1.78. The summed E-state index contributed by atoms with van der Waals surface area (Å²) >= 11 is 0. The van der Waals surface area contributed by atoms with Gasteiger partial charge in [0.25, 0.3) is 0 Å². The molecule has 0 aliphatic rings. The molecule has 5 nitrogen and oxygen atoms in total. The molecule has 0 unspecified atom stereocenters. The molecular weight excluding hydrogens is 169 g/mol. The van der Waals surface area contributed by atoms with Gasteiger partial charge < -0.3 is 9.90 Å². The standard InChI is InChI=1S/C3H3F3N2O3/c4-3(5,6)1(9)7-8-2(10)11/h8H,(H,7,9)(H,10,11)/p-1. The van der Waals surface area contributed by atoms with Crippen LogP contribution in [0.3, 0.4) is 0 Å². The van der Waals surface area contributed by atoms with E-state index in [2.05, 4.69) is 0 Å². The van der Waals surface area contributed by atoms with Gasteiger partial charge in [0, 0.05) is 0 Å². The van der Waals surface area contributed by atoms with Crippen molar-refractivity contribution in [3.8, 4) is 0 Å². The minimum absolute atomic E-state index is 0.846. The molecule has 2 N–H and O–H groups in total. The van der Waals surface area contributed by atoms with Crippen LogP contribution in [0, 0.1) is 0 Å². The SMILES string of the molecule is O=C([O-])NNC(=O)C(F)(F)F. The molecule has 0 radical (unpaired) electrons. The predicted octanol–water partition coefficient (Wildman–Crippen LogP) is -1.49. The molecule has 0 bridgehead atoms. The quantitative estimate of drug-likeness (QED) is 0.436. The fourth-order valence-electron chi connectivity index (χ4n) is 0.179. The van der Waals surface area contributed by atoms with E-state index in [1.165, 1.54) is 0 Å². The third kappa shape index (κ3) is 4.00. The number of hydrogen-bond acceptors (Lipinski definition) is 3. The summed E-state index contributed by atoms with van der Waals surface area (Å²) in [7, 11) is 0. The highest BCUT2D eigenvalue weighted by atomic mass is 19.4. The number of nitrogens with one attached hydrogen (secondary N) is 2. The van der Waals surface area contributed by atoms with Gasteiger partial charge in [-0.15, -0.1) is 0 Å². The second kappa shape index (κ2) is 3.08. The highest BCUT2D eigenvalue weighted by molar-refractivity contribution is 5.82. The number of carbonyl (C=O) groups excluding carboxylic acids is 2. The van der Waals surface area contributed by atoms with E-state index in [9.17, 15) is 27.9 Å². The Morgan fingerprint density at radius 1 is 1.18 bits per heavy atom. The Labute approximate surface area is 58.2 Å². The summed E-state index contributed by atoms with van der Waals surface area (Å²) in [5.74, 6) is -2.40. The van der Waals surface area contributed by atoms with E-state index in [-0.39, 0.29) is 0 Å². The van der Waals surface area contributed by atoms with E-state index in [0.717, 1.165) is 10.9 Å². The zero-order valence-corrected chi connectivity index (χ0v) is 4.86. The van der Waals surface area contributed by atoms with Gasteiger partial charge in [-0.3, -0.25) is 15.6 Å². The van der Waals surface area contributed by atoms with Crippen LogP contribution in [0.15, 0.2) is 0 Å². The van der Waals surface area contributed by atoms with Crippen LogP contribution < -0.4 is 16.0 Å². The lowest BCUT2D eigenvalue weighted by molar-refractivity contribution is -0.252. The van der Waals surface area contributed by atoms with Gasteiger partial charge in [0.05, 0.1) is 0 Å². The highest BCUT2D eigenvalue weighted by Crippen LogP contribution is 2.13. The number of carboxylic acid groups (broad SMARTS) is 1. The molecule has 0 saturated carbocycles. The Morgan fingerprint density at radius 3 is 1.91 bits per heavy atom. The Balaban J connectivity index is 3.80. The first kappa shape index (κ1) is 9.53. The minimum atomic E-state index is -5.11. The van der Waals surface area contributed by atoms with Crippen LogP contribution in [-0.4, -0.2) is 18.2 Å². The molecule has 0 spiro atoms. The third-order valence-corrected chi connectivity index (χ3v) is 0.536. The van der Waals surface area contributed by atoms with E-state index in [1.807, 2.05) is 0 Å². The average molecular weight is 171 g/mol. The number of hydrogen-bond donors (Lipinski definition) is 2. The molecule has 0 aromatic heterocycles. The predicted molar refractivity (Wildman–Crippen MR) is 22.7 cm³/mol. The Kier molecular flexibility index (Phi) is 2.67. The molecule has 0 atom stereocenters. The molecule has 8 heteroatoms. The summed E-state index contributed by atoms with van der Waals surface area (Å²) in [6, 6.07) is 0. The van der Waals surface area contributed by atoms with Crippen molar-refractivity contribution in [2.45, 2.75) is 6.18 Å². The van der Waals surface area contributed by atoms with Crippen molar-refractivity contribution in [1.82, 2.24) is 10.9 Å². The maximum absolute atomic E-state index is 11.2. The lowest BCUT2D eigenvalue weighted by Crippen LogP contribution is -2.51. The number of amides is 2. The molecule has 0 aliphatic carbocycles. The van der Waals surface area contributed by atoms with Crippen LogP contribution in [0.1, 0.15) is 0 Å². The lowest BCUT2D eigenvalue weighted by Gasteiger charge is -2.09. The van der Waals surface area contributed by atoms with E-state index in [1.54, 1.807) is 0 Å². The normalized spacial score (nSPS) is 10.5. The molecule has 2 amide bonds. The summed E-state index contributed by atoms with van der Waals surface area (Å²) in [4.78, 5) is 19.2. The van der Waals surface area contributed by atoms with Crippen LogP contribution in [-0.2, 0) is 4.79 Å². The van der Waals surface area contributed by atoms with Gasteiger partial charge in [-0.05, 0) is 0 Å². The maximum Gasteiger partial charge on any atom is 0.472 e. The molecule has 0 fully saturated rings. The van der Waals surface area contributed by atoms with Crippen LogP contribution in [0.2, 0.25) is 0 Å². The van der Waals surface area contributed by atoms with Crippen molar-refractivity contribution in [3.63, 3.8) is 0 Å². The fraction of sp³-hybridized carbons (Fsp3) is 0.333. The van der Waals surface area contributed by atoms with Crippen LogP contribution >= 0.6 is 0 Å². The van der Waals surface area contributed by atoms with Crippen LogP contribution in [0.25, 0.3) is 0 Å². The van der Waals surface area contributed by atoms with Crippen molar-refractivity contribution in [2.24, 2.45) is 0 Å². The highest BCUT2D eigenvalue weighted by Gasteiger charge is 2.38. The maximum atomic E-state index is 11.2. The second-order valence-electron chi connectivity index (χ2n) is 1.36. The summed E-state index contributed by atoms with van der Waals surface area (Å²) < 4.78 is 33.7. The average Bonchev–Trinajstić information content (AvgIpc) is 1.80. The largest absolute Gasteiger partial charge is 0.529 e. The third-order valence-electron chi connectivity index (χ3n) is 0.536. The Hall–Kier alpha value is -1.47. The first-order valence-corrected chi connectivity index (χ1v) is 2.18. The molecule has 0 rings (SSSR count). The van der Waals surface area contributed by atoms with Gasteiger partial charge in [0.15, 0.2) is 6.09 Å². The van der Waals surface area contributed by atoms with Gasteiger partial charge in [-0.1, -0.05) is 0 Å². The summed E-state index contributed by atoms with van der Waals surface area (Å²) in [5, 5.41) is 9.43. The smallest absolute Gasteiger partial charge is 0.472 e. The molecule has 0 aromatic rings. The van der Waals surface area contributed by atoms with Gasteiger partial charge in [0.2, 0.25) is 0 Å². The fourth-order valence-corrected chi connectivity index (χ4v) is 0.179. The molecule has 0 aliphatic heterocycles. The molecule has 64 valence electrons. The molecular formula is C3H2F3N2O3-. The molecule has 0 saturated heterocycles. The first-order valence-electron chi connectivity index (χ1n) is 2.18. The van der Waals surface area contributed by atoms with Crippen molar-refractivity contribution in [3.05, 3.63) is 0 Å². The number of hydrazine groups is 1. The van der Waals surface area contributed by atoms with Crippen molar-refractivity contribution in [1.29, 1.82) is 0 Å². The topological polar surface area (TPSA) is 81.3 Å². The van der Waals surface area contributed by atoms with Crippen LogP contribution in [0.4, 0.5) is 18.0 Å². The zero-order chi connectivity index (χ0) is 9.07. The van der Waals surface area contributed by atoms with Crippen molar-refractivity contribution < 1.29 is 27.9 Å². The molecule has 11 heavy (non-hydrogen) atoms. The summed E-state index contributed by atoms with van der Waals surface area (Å²) in [6.07, 6.45) is -7.13. The second-order valence-corrected chi connectivity index (χ2v) is 1.36. The van der Waals surface area contributed by atoms with Crippen molar-refractivity contribution >= 4 is 12.0 Å². The van der Waals surface area contributed by atoms with Gasteiger partial charge in [-0.25, -0.2) is 0 Å². The molecule has 0 heterocycles. The molecule has 0 aromatic carbocycles. The number of halogens is 3. The van der Waals surface area contributed by atoms with Crippen LogP contribution in [0.5, 0.6) is 0 Å². The van der Waals surface area contributed by atoms with E-state index in [4.69, 9.17) is 0 Å². The Morgan fingerprint density at radius 2 is 1.64 bits per heavy atom. The number of alkyl halides is 3.